The van der Waals surface area contributed by atoms with Gasteiger partial charge in [-0.25, -0.2) is 18.0 Å². The number of fused-ring (bicyclic) bond motifs is 3. The van der Waals surface area contributed by atoms with E-state index in [-0.39, 0.29) is 25.5 Å². The zero-order valence-electron chi connectivity index (χ0n) is 29.1. The molecule has 4 heterocycles. The van der Waals surface area contributed by atoms with Gasteiger partial charge in [0.05, 0.1) is 25.0 Å². The van der Waals surface area contributed by atoms with Crippen LogP contribution in [0.15, 0.2) is 36.4 Å². The Morgan fingerprint density at radius 3 is 2.37 bits per heavy atom. The van der Waals surface area contributed by atoms with Gasteiger partial charge in [-0.2, -0.15) is 0 Å². The van der Waals surface area contributed by atoms with Crippen LogP contribution in [0.25, 0.3) is 0 Å². The van der Waals surface area contributed by atoms with Gasteiger partial charge in [-0.3, -0.25) is 24.0 Å². The van der Waals surface area contributed by atoms with Gasteiger partial charge in [-0.15, -0.1) is 0 Å². The zero-order chi connectivity index (χ0) is 36.5. The van der Waals surface area contributed by atoms with E-state index in [4.69, 9.17) is 14.2 Å². The Labute approximate surface area is 303 Å². The molecule has 6 aliphatic rings. The summed E-state index contributed by atoms with van der Waals surface area (Å²) in [6.07, 6.45) is 6.51. The van der Waals surface area contributed by atoms with Crippen molar-refractivity contribution in [2.24, 2.45) is 5.92 Å². The number of rotatable bonds is 6. The molecule has 0 aromatic heterocycles. The SMILES string of the molecule is O=C(N[C@H]1CCCCC/C=C\[C@@H]2C[C@@]2(C(=O)NS(=O)(=O)C2CC2)NC(=O)C2C[C@@H](OC(=O)N3Cc4ccccc4C3)CN2C1=O)OC1CCOCC1. The number of amides is 5. The Morgan fingerprint density at radius 2 is 1.65 bits per heavy atom. The second-order valence-electron chi connectivity index (χ2n) is 14.8. The van der Waals surface area contributed by atoms with Crippen LogP contribution < -0.4 is 15.4 Å². The van der Waals surface area contributed by atoms with Gasteiger partial charge < -0.3 is 29.7 Å². The van der Waals surface area contributed by atoms with Crippen LogP contribution in [0, 0.1) is 5.92 Å². The van der Waals surface area contributed by atoms with Crippen molar-refractivity contribution in [3.63, 3.8) is 0 Å². The summed E-state index contributed by atoms with van der Waals surface area (Å²) in [7, 11) is -3.90. The number of carbonyl (C=O) groups is 5. The second kappa shape index (κ2) is 15.0. The van der Waals surface area contributed by atoms with Gasteiger partial charge in [0.15, 0.2) is 0 Å². The molecule has 7 rings (SSSR count). The van der Waals surface area contributed by atoms with Crippen LogP contribution in [0.4, 0.5) is 9.59 Å². The highest BCUT2D eigenvalue weighted by Gasteiger charge is 2.62. The van der Waals surface area contributed by atoms with Gasteiger partial charge >= 0.3 is 12.2 Å². The maximum atomic E-state index is 14.4. The number of benzene rings is 1. The number of sulfonamides is 1. The number of carbonyl (C=O) groups excluding carboxylic acids is 5. The first-order valence-corrected chi connectivity index (χ1v) is 20.0. The highest BCUT2D eigenvalue weighted by atomic mass is 32.2. The predicted octanol–water partition coefficient (Wildman–Crippen LogP) is 2.39. The number of alkyl carbamates (subject to hydrolysis) is 1. The molecule has 5 amide bonds. The summed E-state index contributed by atoms with van der Waals surface area (Å²) in [6.45, 7) is 1.55. The van der Waals surface area contributed by atoms with Gasteiger partial charge in [0.25, 0.3) is 5.91 Å². The van der Waals surface area contributed by atoms with Gasteiger partial charge in [0.2, 0.25) is 21.8 Å². The summed E-state index contributed by atoms with van der Waals surface area (Å²) >= 11 is 0. The Bertz CT molecular complexity index is 1680. The number of nitrogens with one attached hydrogen (secondary N) is 3. The molecular formula is C36H47N5O10S. The van der Waals surface area contributed by atoms with Crippen molar-refractivity contribution in [3.05, 3.63) is 47.5 Å². The average Bonchev–Trinajstić information content (AvgIpc) is 4.01. The molecule has 0 spiro atoms. The fourth-order valence-corrected chi connectivity index (χ4v) is 9.01. The average molecular weight is 742 g/mol. The van der Waals surface area contributed by atoms with Crippen molar-refractivity contribution in [2.75, 3.05) is 19.8 Å². The highest BCUT2D eigenvalue weighted by molar-refractivity contribution is 7.91. The summed E-state index contributed by atoms with van der Waals surface area (Å²) in [5.74, 6) is -2.46. The minimum Gasteiger partial charge on any atom is -0.446 e. The standard InChI is InChI=1S/C36H47N5O10S/c42-31-30-18-27(51-35(46)40-20-23-8-6-7-9-24(23)21-40)22-41(30)32(43)29(37-34(45)50-26-14-16-49-17-15-26)11-5-3-1-2-4-10-25-19-36(25,38-31)33(44)39-52(47,48)28-12-13-28/h4,6-10,25-30H,1-3,5,11-22H2,(H,37,45)(H,38,42)(H,39,44)/b10-4-/t25-,27-,29+,30?,36-/m1/s1. The number of ether oxygens (including phenoxy) is 3. The van der Waals surface area contributed by atoms with Crippen molar-refractivity contribution < 1.29 is 46.6 Å². The summed E-state index contributed by atoms with van der Waals surface area (Å²) in [4.78, 5) is 71.6. The van der Waals surface area contributed by atoms with Crippen molar-refractivity contribution >= 4 is 39.9 Å². The molecule has 2 saturated carbocycles. The molecule has 282 valence electrons. The zero-order valence-corrected chi connectivity index (χ0v) is 29.9. The van der Waals surface area contributed by atoms with Crippen molar-refractivity contribution in [3.8, 4) is 0 Å². The Balaban J connectivity index is 1.12. The lowest BCUT2D eigenvalue weighted by Gasteiger charge is -2.30. The molecule has 3 N–H and O–H groups in total. The maximum absolute atomic E-state index is 14.4. The van der Waals surface area contributed by atoms with Gasteiger partial charge in [0.1, 0.15) is 29.8 Å². The maximum Gasteiger partial charge on any atom is 0.410 e. The van der Waals surface area contributed by atoms with Gasteiger partial charge in [0, 0.05) is 38.3 Å². The van der Waals surface area contributed by atoms with E-state index in [2.05, 4.69) is 15.4 Å². The quantitative estimate of drug-likeness (QED) is 0.365. The van der Waals surface area contributed by atoms with Crippen molar-refractivity contribution in [2.45, 2.75) is 119 Å². The van der Waals surface area contributed by atoms with Crippen LogP contribution in [0.2, 0.25) is 0 Å². The third kappa shape index (κ3) is 8.07. The smallest absolute Gasteiger partial charge is 0.410 e. The fraction of sp³-hybridized carbons (Fsp3) is 0.639. The van der Waals surface area contributed by atoms with Crippen LogP contribution in [0.5, 0.6) is 0 Å². The first-order valence-electron chi connectivity index (χ1n) is 18.4. The van der Waals surface area contributed by atoms with E-state index in [9.17, 15) is 32.4 Å². The third-order valence-corrected chi connectivity index (χ3v) is 12.8. The Morgan fingerprint density at radius 1 is 0.923 bits per heavy atom. The molecular weight excluding hydrogens is 694 g/mol. The van der Waals surface area contributed by atoms with Gasteiger partial charge in [-0.05, 0) is 49.7 Å². The first kappa shape index (κ1) is 36.2. The molecule has 4 fully saturated rings. The van der Waals surface area contributed by atoms with E-state index in [0.717, 1.165) is 24.0 Å². The van der Waals surface area contributed by atoms with Crippen LogP contribution in [-0.4, -0.2) is 103 Å². The lowest BCUT2D eigenvalue weighted by atomic mass is 10.0. The highest BCUT2D eigenvalue weighted by Crippen LogP contribution is 2.46. The molecule has 1 unspecified atom stereocenters. The Hall–Kier alpha value is -4.18. The largest absolute Gasteiger partial charge is 0.446 e. The van der Waals surface area contributed by atoms with E-state index in [0.29, 0.717) is 71.2 Å². The Kier molecular flexibility index (Phi) is 10.5. The molecule has 5 atom stereocenters. The molecule has 4 aliphatic heterocycles. The molecule has 0 bridgehead atoms. The van der Waals surface area contributed by atoms with Gasteiger partial charge in [-0.1, -0.05) is 49.3 Å². The minimum absolute atomic E-state index is 0.0537. The number of nitrogens with zero attached hydrogens (tertiary/aromatic N) is 2. The van der Waals surface area contributed by atoms with E-state index < -0.39 is 74.8 Å². The number of hydrogen-bond acceptors (Lipinski definition) is 10. The molecule has 2 aliphatic carbocycles. The lowest BCUT2D eigenvalue weighted by molar-refractivity contribution is -0.141. The summed E-state index contributed by atoms with van der Waals surface area (Å²) < 4.78 is 44.6. The molecule has 16 heteroatoms. The normalized spacial score (nSPS) is 30.4. The third-order valence-electron chi connectivity index (χ3n) is 10.9. The van der Waals surface area contributed by atoms with Crippen LogP contribution in [0.3, 0.4) is 0 Å². The predicted molar refractivity (Wildman–Crippen MR) is 185 cm³/mol. The van der Waals surface area contributed by atoms with E-state index >= 15 is 0 Å². The molecule has 1 aromatic rings. The van der Waals surface area contributed by atoms with Crippen LogP contribution in [0.1, 0.15) is 81.8 Å². The second-order valence-corrected chi connectivity index (χ2v) is 16.8. The number of allylic oxidation sites excluding steroid dienone is 1. The molecule has 15 nitrogen and oxygen atoms in total. The first-order chi connectivity index (χ1) is 25.0. The van der Waals surface area contributed by atoms with Crippen molar-refractivity contribution in [1.29, 1.82) is 0 Å². The van der Waals surface area contributed by atoms with Crippen LogP contribution in [-0.2, 0) is 51.7 Å². The number of hydrogen-bond donors (Lipinski definition) is 3. The molecule has 0 radical (unpaired) electrons. The molecule has 52 heavy (non-hydrogen) atoms. The summed E-state index contributed by atoms with van der Waals surface area (Å²) in [6, 6.07) is 5.50. The summed E-state index contributed by atoms with van der Waals surface area (Å²) in [5, 5.41) is 4.94. The van der Waals surface area contributed by atoms with E-state index in [1.807, 2.05) is 36.4 Å². The molecule has 2 saturated heterocycles. The summed E-state index contributed by atoms with van der Waals surface area (Å²) in [5.41, 5.74) is 0.496. The topological polar surface area (TPSA) is 190 Å². The molecule has 1 aromatic carbocycles. The van der Waals surface area contributed by atoms with Crippen molar-refractivity contribution in [1.82, 2.24) is 25.2 Å². The monoisotopic (exact) mass is 741 g/mol. The lowest BCUT2D eigenvalue weighted by Crippen LogP contribution is -2.58. The fourth-order valence-electron chi connectivity index (χ4n) is 7.65. The van der Waals surface area contributed by atoms with Crippen LogP contribution >= 0.6 is 0 Å². The van der Waals surface area contributed by atoms with E-state index in [1.54, 1.807) is 4.90 Å². The van der Waals surface area contributed by atoms with E-state index in [1.165, 1.54) is 4.90 Å². The minimum atomic E-state index is -3.90.